The van der Waals surface area contributed by atoms with Crippen molar-refractivity contribution in [2.45, 2.75) is 20.0 Å². The van der Waals surface area contributed by atoms with Gasteiger partial charge >= 0.3 is 0 Å². The Morgan fingerprint density at radius 2 is 1.86 bits per heavy atom. The van der Waals surface area contributed by atoms with Crippen LogP contribution in [0.3, 0.4) is 0 Å². The molecule has 9 heteroatoms. The Morgan fingerprint density at radius 3 is 2.46 bits per heavy atom. The summed E-state index contributed by atoms with van der Waals surface area (Å²) in [6, 6.07) is 5.08. The van der Waals surface area contributed by atoms with E-state index in [-0.39, 0.29) is 24.0 Å². The van der Waals surface area contributed by atoms with E-state index < -0.39 is 6.10 Å². The molecule has 2 unspecified atom stereocenters. The van der Waals surface area contributed by atoms with Crippen LogP contribution in [0.2, 0.25) is 10.0 Å². The van der Waals surface area contributed by atoms with Crippen LogP contribution < -0.4 is 10.6 Å². The van der Waals surface area contributed by atoms with Gasteiger partial charge in [0, 0.05) is 49.3 Å². The van der Waals surface area contributed by atoms with Gasteiger partial charge in [-0.15, -0.1) is 24.0 Å². The minimum atomic E-state index is -0.726. The largest absolute Gasteiger partial charge is 0.387 e. The lowest BCUT2D eigenvalue weighted by Gasteiger charge is -2.28. The van der Waals surface area contributed by atoms with Crippen LogP contribution in [0.1, 0.15) is 25.5 Å². The first-order valence-electron chi connectivity index (χ1n) is 9.44. The van der Waals surface area contributed by atoms with Gasteiger partial charge in [-0.1, -0.05) is 30.1 Å². The normalized spacial score (nSPS) is 17.5. The fourth-order valence-electron chi connectivity index (χ4n) is 2.95. The monoisotopic (exact) mass is 544 g/mol. The van der Waals surface area contributed by atoms with E-state index in [0.29, 0.717) is 40.6 Å². The quantitative estimate of drug-likeness (QED) is 0.266. The van der Waals surface area contributed by atoms with Crippen molar-refractivity contribution in [3.8, 4) is 0 Å². The molecule has 1 heterocycles. The van der Waals surface area contributed by atoms with Gasteiger partial charge in [-0.2, -0.15) is 0 Å². The number of aliphatic imine (C=N–C) groups is 1. The molecule has 0 spiro atoms. The number of hydrogen-bond donors (Lipinski definition) is 3. The van der Waals surface area contributed by atoms with Crippen LogP contribution in [-0.2, 0) is 4.74 Å². The molecule has 160 valence electrons. The number of ether oxygens (including phenoxy) is 1. The lowest BCUT2D eigenvalue weighted by atomic mass is 10.1. The molecule has 1 aromatic rings. The van der Waals surface area contributed by atoms with Crippen molar-refractivity contribution in [2.75, 3.05) is 52.5 Å². The number of rotatable bonds is 8. The maximum absolute atomic E-state index is 10.4. The molecule has 2 rings (SSSR count). The number of benzene rings is 1. The lowest BCUT2D eigenvalue weighted by molar-refractivity contribution is 0.0323. The van der Waals surface area contributed by atoms with E-state index in [1.165, 1.54) is 0 Å². The smallest absolute Gasteiger partial charge is 0.191 e. The van der Waals surface area contributed by atoms with Gasteiger partial charge < -0.3 is 20.5 Å². The minimum absolute atomic E-state index is 0. The zero-order valence-electron chi connectivity index (χ0n) is 16.5. The zero-order valence-corrected chi connectivity index (χ0v) is 20.3. The Balaban J connectivity index is 0.00000392. The fourth-order valence-corrected chi connectivity index (χ4v) is 3.49. The number of morpholine rings is 1. The first-order valence-corrected chi connectivity index (χ1v) is 10.2. The number of guanidine groups is 1. The predicted molar refractivity (Wildman–Crippen MR) is 127 cm³/mol. The average Bonchev–Trinajstić information content (AvgIpc) is 2.63. The van der Waals surface area contributed by atoms with Crippen LogP contribution in [0.4, 0.5) is 0 Å². The van der Waals surface area contributed by atoms with Crippen molar-refractivity contribution in [1.29, 1.82) is 0 Å². The molecule has 0 radical (unpaired) electrons. The van der Waals surface area contributed by atoms with Crippen molar-refractivity contribution < 1.29 is 9.84 Å². The van der Waals surface area contributed by atoms with Crippen molar-refractivity contribution in [3.05, 3.63) is 33.8 Å². The number of hydrogen-bond acceptors (Lipinski definition) is 4. The van der Waals surface area contributed by atoms with E-state index in [4.69, 9.17) is 27.9 Å². The van der Waals surface area contributed by atoms with Crippen LogP contribution in [0.5, 0.6) is 0 Å². The molecule has 0 aliphatic carbocycles. The van der Waals surface area contributed by atoms with Gasteiger partial charge in [-0.05, 0) is 36.6 Å². The number of aliphatic hydroxyl groups excluding tert-OH is 1. The van der Waals surface area contributed by atoms with Crippen LogP contribution in [0, 0.1) is 5.92 Å². The summed E-state index contributed by atoms with van der Waals surface area (Å²) in [5.41, 5.74) is 0.677. The SMILES string of the molecule is CCNC(=NCC(C)CN1CCOCC1)NCC(O)c1cc(Cl)cc(Cl)c1.I. The standard InChI is InChI=1S/C19H30Cl2N4O2.HI/c1-3-22-19(23-11-14(2)13-25-4-6-27-7-5-25)24-12-18(26)15-8-16(20)10-17(21)9-15;/h8-10,14,18,26H,3-7,11-13H2,1-2H3,(H2,22,23,24);1H. The average molecular weight is 545 g/mol. The van der Waals surface area contributed by atoms with Crippen molar-refractivity contribution >= 4 is 53.1 Å². The zero-order chi connectivity index (χ0) is 19.6. The summed E-state index contributed by atoms with van der Waals surface area (Å²) in [6.07, 6.45) is -0.726. The maximum atomic E-state index is 10.4. The molecular formula is C19H31Cl2IN4O2. The molecule has 0 bridgehead atoms. The van der Waals surface area contributed by atoms with Gasteiger partial charge in [-0.25, -0.2) is 0 Å². The third-order valence-electron chi connectivity index (χ3n) is 4.31. The molecule has 6 nitrogen and oxygen atoms in total. The molecule has 0 saturated carbocycles. The predicted octanol–water partition coefficient (Wildman–Crippen LogP) is 3.17. The molecule has 1 aliphatic rings. The molecule has 1 aliphatic heterocycles. The molecule has 3 N–H and O–H groups in total. The van der Waals surface area contributed by atoms with E-state index in [1.54, 1.807) is 18.2 Å². The highest BCUT2D eigenvalue weighted by Gasteiger charge is 2.14. The van der Waals surface area contributed by atoms with Crippen molar-refractivity contribution in [1.82, 2.24) is 15.5 Å². The summed E-state index contributed by atoms with van der Waals surface area (Å²) in [6.45, 7) is 10.6. The number of halogens is 3. The third kappa shape index (κ3) is 9.45. The van der Waals surface area contributed by atoms with E-state index in [2.05, 4.69) is 27.4 Å². The first kappa shape index (κ1) is 25.7. The van der Waals surface area contributed by atoms with E-state index >= 15 is 0 Å². The topological polar surface area (TPSA) is 69.1 Å². The van der Waals surface area contributed by atoms with Crippen molar-refractivity contribution in [2.24, 2.45) is 10.9 Å². The van der Waals surface area contributed by atoms with Crippen LogP contribution in [-0.4, -0.2) is 68.4 Å². The Morgan fingerprint density at radius 1 is 1.21 bits per heavy atom. The second-order valence-corrected chi connectivity index (χ2v) is 7.71. The van der Waals surface area contributed by atoms with E-state index in [9.17, 15) is 5.11 Å². The molecule has 2 atom stereocenters. The van der Waals surface area contributed by atoms with Crippen LogP contribution >= 0.6 is 47.2 Å². The van der Waals surface area contributed by atoms with Gasteiger partial charge in [0.25, 0.3) is 0 Å². The van der Waals surface area contributed by atoms with Gasteiger partial charge in [0.2, 0.25) is 0 Å². The first-order chi connectivity index (χ1) is 13.0. The minimum Gasteiger partial charge on any atom is -0.387 e. The summed E-state index contributed by atoms with van der Waals surface area (Å²) >= 11 is 12.0. The Hall–Kier alpha value is -0.320. The molecule has 0 amide bonds. The molecular weight excluding hydrogens is 514 g/mol. The summed E-state index contributed by atoms with van der Waals surface area (Å²) in [5.74, 6) is 1.13. The van der Waals surface area contributed by atoms with Crippen LogP contribution in [0.15, 0.2) is 23.2 Å². The van der Waals surface area contributed by atoms with Gasteiger partial charge in [0.05, 0.1) is 19.3 Å². The third-order valence-corrected chi connectivity index (χ3v) is 4.75. The highest BCUT2D eigenvalue weighted by atomic mass is 127. The Bertz CT molecular complexity index is 595. The highest BCUT2D eigenvalue weighted by molar-refractivity contribution is 14.0. The maximum Gasteiger partial charge on any atom is 0.191 e. The number of nitrogens with zero attached hydrogens (tertiary/aromatic N) is 2. The van der Waals surface area contributed by atoms with E-state index in [0.717, 1.165) is 39.4 Å². The summed E-state index contributed by atoms with van der Waals surface area (Å²) < 4.78 is 5.39. The second-order valence-electron chi connectivity index (χ2n) is 6.84. The second kappa shape index (κ2) is 13.8. The molecule has 0 aromatic heterocycles. The molecule has 1 fully saturated rings. The van der Waals surface area contributed by atoms with Gasteiger partial charge in [0.1, 0.15) is 0 Å². The Labute approximate surface area is 195 Å². The lowest BCUT2D eigenvalue weighted by Crippen LogP contribution is -2.41. The van der Waals surface area contributed by atoms with Gasteiger partial charge in [0.15, 0.2) is 5.96 Å². The van der Waals surface area contributed by atoms with E-state index in [1.807, 2.05) is 6.92 Å². The van der Waals surface area contributed by atoms with Gasteiger partial charge in [-0.3, -0.25) is 9.89 Å². The Kier molecular flexibility index (Phi) is 12.7. The molecule has 1 saturated heterocycles. The summed E-state index contributed by atoms with van der Waals surface area (Å²) in [4.78, 5) is 7.07. The summed E-state index contributed by atoms with van der Waals surface area (Å²) in [7, 11) is 0. The molecule has 28 heavy (non-hydrogen) atoms. The number of aliphatic hydroxyl groups is 1. The fraction of sp³-hybridized carbons (Fsp3) is 0.632. The van der Waals surface area contributed by atoms with Crippen LogP contribution in [0.25, 0.3) is 0 Å². The highest BCUT2D eigenvalue weighted by Crippen LogP contribution is 2.23. The molecule has 1 aromatic carbocycles. The summed E-state index contributed by atoms with van der Waals surface area (Å²) in [5, 5.41) is 17.8. The van der Waals surface area contributed by atoms with Crippen molar-refractivity contribution in [3.63, 3.8) is 0 Å². The number of nitrogens with one attached hydrogen (secondary N) is 2.